The maximum absolute atomic E-state index is 13.2. The van der Waals surface area contributed by atoms with Crippen molar-refractivity contribution in [1.82, 2.24) is 5.32 Å². The highest BCUT2D eigenvalue weighted by atomic mass is 79.9. The summed E-state index contributed by atoms with van der Waals surface area (Å²) in [5.74, 6) is -0.688. The van der Waals surface area contributed by atoms with E-state index in [4.69, 9.17) is 5.73 Å². The molecule has 2 atom stereocenters. The molecule has 19 heavy (non-hydrogen) atoms. The Kier molecular flexibility index (Phi) is 4.93. The molecular weight excluding hydrogens is 311 g/mol. The Labute approximate surface area is 120 Å². The number of carbonyl (C=O) groups excluding carboxylic acids is 1. The molecule has 0 spiro atoms. The van der Waals surface area contributed by atoms with Gasteiger partial charge in [0, 0.05) is 16.6 Å². The zero-order chi connectivity index (χ0) is 13.8. The molecule has 0 aromatic heterocycles. The smallest absolute Gasteiger partial charge is 0.252 e. The van der Waals surface area contributed by atoms with Crippen LogP contribution >= 0.6 is 15.9 Å². The van der Waals surface area contributed by atoms with E-state index in [0.717, 1.165) is 32.1 Å². The lowest BCUT2D eigenvalue weighted by molar-refractivity contribution is 0.0927. The molecule has 2 unspecified atom stereocenters. The molecule has 1 amide bonds. The Bertz CT molecular complexity index is 467. The first kappa shape index (κ1) is 14.5. The first-order valence-electron chi connectivity index (χ1n) is 6.59. The summed E-state index contributed by atoms with van der Waals surface area (Å²) in [6.07, 6.45) is 5.15. The minimum absolute atomic E-state index is 0.0150. The van der Waals surface area contributed by atoms with Crippen LogP contribution in [0.2, 0.25) is 0 Å². The molecule has 0 saturated heterocycles. The third-order valence-electron chi connectivity index (χ3n) is 3.56. The highest BCUT2D eigenvalue weighted by Crippen LogP contribution is 2.20. The molecule has 0 bridgehead atoms. The molecule has 2 rings (SSSR count). The SMILES string of the molecule is NC1CCCCCC1NC(=O)c1cc(F)ccc1Br. The van der Waals surface area contributed by atoms with Crippen molar-refractivity contribution in [2.24, 2.45) is 5.73 Å². The van der Waals surface area contributed by atoms with E-state index in [1.807, 2.05) is 0 Å². The van der Waals surface area contributed by atoms with Crippen LogP contribution in [0.25, 0.3) is 0 Å². The van der Waals surface area contributed by atoms with Crippen LogP contribution in [0.5, 0.6) is 0 Å². The maximum atomic E-state index is 13.2. The van der Waals surface area contributed by atoms with Gasteiger partial charge in [0.2, 0.25) is 0 Å². The van der Waals surface area contributed by atoms with E-state index < -0.39 is 5.82 Å². The molecule has 0 aliphatic heterocycles. The number of nitrogens with one attached hydrogen (secondary N) is 1. The average molecular weight is 329 g/mol. The number of halogens is 2. The minimum atomic E-state index is -0.418. The third-order valence-corrected chi connectivity index (χ3v) is 4.25. The number of amides is 1. The number of carbonyl (C=O) groups is 1. The third kappa shape index (κ3) is 3.76. The van der Waals surface area contributed by atoms with Crippen molar-refractivity contribution in [2.45, 2.75) is 44.2 Å². The van der Waals surface area contributed by atoms with Crippen LogP contribution in [0.1, 0.15) is 42.5 Å². The zero-order valence-electron chi connectivity index (χ0n) is 10.7. The quantitative estimate of drug-likeness (QED) is 0.820. The molecule has 0 radical (unpaired) electrons. The van der Waals surface area contributed by atoms with Gasteiger partial charge in [0.25, 0.3) is 5.91 Å². The fourth-order valence-electron chi connectivity index (χ4n) is 2.43. The van der Waals surface area contributed by atoms with Crippen LogP contribution in [0, 0.1) is 5.82 Å². The van der Waals surface area contributed by atoms with E-state index >= 15 is 0 Å². The summed E-state index contributed by atoms with van der Waals surface area (Å²) in [6, 6.07) is 4.06. The molecule has 1 aromatic carbocycles. The normalized spacial score (nSPS) is 23.7. The molecule has 3 nitrogen and oxygen atoms in total. The lowest BCUT2D eigenvalue weighted by Crippen LogP contribution is -2.47. The van der Waals surface area contributed by atoms with Crippen molar-refractivity contribution in [3.8, 4) is 0 Å². The molecule has 5 heteroatoms. The standard InChI is InChI=1S/C14H18BrFN2O/c15-11-7-6-9(16)8-10(11)14(19)18-13-5-3-1-2-4-12(13)17/h6-8,12-13H,1-5,17H2,(H,18,19). The second-order valence-electron chi connectivity index (χ2n) is 5.01. The monoisotopic (exact) mass is 328 g/mol. The average Bonchev–Trinajstić information content (AvgIpc) is 2.58. The van der Waals surface area contributed by atoms with Gasteiger partial charge in [0.1, 0.15) is 5.82 Å². The number of hydrogen-bond donors (Lipinski definition) is 2. The van der Waals surface area contributed by atoms with Gasteiger partial charge in [-0.1, -0.05) is 19.3 Å². The first-order chi connectivity index (χ1) is 9.08. The Morgan fingerprint density at radius 3 is 2.84 bits per heavy atom. The summed E-state index contributed by atoms with van der Waals surface area (Å²) in [6.45, 7) is 0. The lowest BCUT2D eigenvalue weighted by atomic mass is 10.0. The summed E-state index contributed by atoms with van der Waals surface area (Å²) in [5.41, 5.74) is 6.39. The summed E-state index contributed by atoms with van der Waals surface area (Å²) in [7, 11) is 0. The molecule has 1 saturated carbocycles. The largest absolute Gasteiger partial charge is 0.348 e. The lowest BCUT2D eigenvalue weighted by Gasteiger charge is -2.23. The minimum Gasteiger partial charge on any atom is -0.348 e. The molecule has 1 aliphatic carbocycles. The van der Waals surface area contributed by atoms with Crippen LogP contribution < -0.4 is 11.1 Å². The number of hydrogen-bond acceptors (Lipinski definition) is 2. The van der Waals surface area contributed by atoms with Gasteiger partial charge in [0.15, 0.2) is 0 Å². The molecule has 1 aliphatic rings. The Hall–Kier alpha value is -0.940. The van der Waals surface area contributed by atoms with Crippen molar-refractivity contribution >= 4 is 21.8 Å². The Balaban J connectivity index is 2.09. The number of nitrogens with two attached hydrogens (primary N) is 1. The second-order valence-corrected chi connectivity index (χ2v) is 5.86. The molecular formula is C14H18BrFN2O. The first-order valence-corrected chi connectivity index (χ1v) is 7.38. The van der Waals surface area contributed by atoms with E-state index in [0.29, 0.717) is 10.0 Å². The van der Waals surface area contributed by atoms with E-state index in [-0.39, 0.29) is 18.0 Å². The Morgan fingerprint density at radius 2 is 2.05 bits per heavy atom. The fraction of sp³-hybridized carbons (Fsp3) is 0.500. The van der Waals surface area contributed by atoms with Gasteiger partial charge in [-0.3, -0.25) is 4.79 Å². The summed E-state index contributed by atoms with van der Waals surface area (Å²) in [4.78, 5) is 12.2. The zero-order valence-corrected chi connectivity index (χ0v) is 12.2. The summed E-state index contributed by atoms with van der Waals surface area (Å²) < 4.78 is 13.8. The van der Waals surface area contributed by atoms with Gasteiger partial charge in [0.05, 0.1) is 5.56 Å². The van der Waals surface area contributed by atoms with Crippen LogP contribution in [0.4, 0.5) is 4.39 Å². The highest BCUT2D eigenvalue weighted by molar-refractivity contribution is 9.10. The van der Waals surface area contributed by atoms with Gasteiger partial charge >= 0.3 is 0 Å². The van der Waals surface area contributed by atoms with E-state index in [2.05, 4.69) is 21.2 Å². The maximum Gasteiger partial charge on any atom is 0.252 e. The van der Waals surface area contributed by atoms with E-state index in [1.165, 1.54) is 18.2 Å². The van der Waals surface area contributed by atoms with Gasteiger partial charge in [-0.2, -0.15) is 0 Å². The number of rotatable bonds is 2. The number of benzene rings is 1. The molecule has 104 valence electrons. The van der Waals surface area contributed by atoms with Crippen LogP contribution in [0.15, 0.2) is 22.7 Å². The molecule has 3 N–H and O–H groups in total. The predicted octanol–water partition coefficient (Wildman–Crippen LogP) is 2.98. The van der Waals surface area contributed by atoms with Gasteiger partial charge in [-0.05, 0) is 47.0 Å². The fourth-order valence-corrected chi connectivity index (χ4v) is 2.86. The van der Waals surface area contributed by atoms with Crippen LogP contribution in [-0.2, 0) is 0 Å². The van der Waals surface area contributed by atoms with E-state index in [9.17, 15) is 9.18 Å². The molecule has 0 heterocycles. The Morgan fingerprint density at radius 1 is 1.32 bits per heavy atom. The van der Waals surface area contributed by atoms with E-state index in [1.54, 1.807) is 0 Å². The van der Waals surface area contributed by atoms with Crippen LogP contribution in [0.3, 0.4) is 0 Å². The summed E-state index contributed by atoms with van der Waals surface area (Å²) in [5, 5.41) is 2.93. The molecule has 1 aromatic rings. The van der Waals surface area contributed by atoms with Crippen molar-refractivity contribution in [1.29, 1.82) is 0 Å². The second kappa shape index (κ2) is 6.48. The van der Waals surface area contributed by atoms with Crippen molar-refractivity contribution in [3.63, 3.8) is 0 Å². The van der Waals surface area contributed by atoms with Gasteiger partial charge < -0.3 is 11.1 Å². The van der Waals surface area contributed by atoms with Crippen molar-refractivity contribution < 1.29 is 9.18 Å². The summed E-state index contributed by atoms with van der Waals surface area (Å²) >= 11 is 3.27. The van der Waals surface area contributed by atoms with Crippen LogP contribution in [-0.4, -0.2) is 18.0 Å². The van der Waals surface area contributed by atoms with Gasteiger partial charge in [-0.25, -0.2) is 4.39 Å². The highest BCUT2D eigenvalue weighted by Gasteiger charge is 2.23. The predicted molar refractivity (Wildman–Crippen MR) is 76.4 cm³/mol. The molecule has 1 fully saturated rings. The van der Waals surface area contributed by atoms with Crippen molar-refractivity contribution in [2.75, 3.05) is 0 Å². The van der Waals surface area contributed by atoms with Gasteiger partial charge in [-0.15, -0.1) is 0 Å². The topological polar surface area (TPSA) is 55.1 Å². The van der Waals surface area contributed by atoms with Crippen molar-refractivity contribution in [3.05, 3.63) is 34.1 Å².